The van der Waals surface area contributed by atoms with E-state index in [0.29, 0.717) is 16.3 Å². The van der Waals surface area contributed by atoms with E-state index in [4.69, 9.17) is 16.7 Å². The summed E-state index contributed by atoms with van der Waals surface area (Å²) >= 11 is 6.03. The molecule has 1 aromatic carbocycles. The lowest BCUT2D eigenvalue weighted by Gasteiger charge is -2.17. The highest BCUT2D eigenvalue weighted by Crippen LogP contribution is 2.45. The van der Waals surface area contributed by atoms with Crippen molar-refractivity contribution in [1.29, 1.82) is 0 Å². The Kier molecular flexibility index (Phi) is 3.66. The number of carboxylic acid groups (broad SMARTS) is 1. The van der Waals surface area contributed by atoms with E-state index in [1.54, 1.807) is 20.2 Å². The predicted octanol–water partition coefficient (Wildman–Crippen LogP) is 3.01. The maximum atomic E-state index is 12.1. The molecule has 2 rings (SSSR count). The van der Waals surface area contributed by atoms with Gasteiger partial charge in [-0.2, -0.15) is 0 Å². The SMILES string of the molecule is CN(C)C(=O)c1cc(Cl)cc(C2CC2)c1NC(=O)O. The lowest BCUT2D eigenvalue weighted by atomic mass is 10.0. The second-order valence-corrected chi connectivity index (χ2v) is 5.26. The Hall–Kier alpha value is -1.75. The number of rotatable bonds is 3. The van der Waals surface area contributed by atoms with E-state index in [0.717, 1.165) is 18.4 Å². The maximum Gasteiger partial charge on any atom is 0.409 e. The van der Waals surface area contributed by atoms with Gasteiger partial charge >= 0.3 is 6.09 Å². The molecule has 1 aromatic rings. The molecule has 2 N–H and O–H groups in total. The van der Waals surface area contributed by atoms with Crippen LogP contribution in [0.25, 0.3) is 0 Å². The lowest BCUT2D eigenvalue weighted by Crippen LogP contribution is -2.24. The van der Waals surface area contributed by atoms with Crippen LogP contribution in [0.5, 0.6) is 0 Å². The third-order valence-corrected chi connectivity index (χ3v) is 3.24. The summed E-state index contributed by atoms with van der Waals surface area (Å²) in [4.78, 5) is 24.5. The average molecular weight is 283 g/mol. The van der Waals surface area contributed by atoms with Crippen molar-refractivity contribution >= 4 is 29.3 Å². The van der Waals surface area contributed by atoms with Crippen molar-refractivity contribution in [2.45, 2.75) is 18.8 Å². The van der Waals surface area contributed by atoms with Gasteiger partial charge in [0.25, 0.3) is 5.91 Å². The minimum absolute atomic E-state index is 0.270. The molecule has 1 saturated carbocycles. The number of amides is 2. The molecular weight excluding hydrogens is 268 g/mol. The Bertz CT molecular complexity index is 539. The number of benzene rings is 1. The molecule has 102 valence electrons. The first-order valence-electron chi connectivity index (χ1n) is 5.95. The van der Waals surface area contributed by atoms with E-state index >= 15 is 0 Å². The number of hydrogen-bond donors (Lipinski definition) is 2. The third kappa shape index (κ3) is 2.98. The molecule has 0 heterocycles. The minimum Gasteiger partial charge on any atom is -0.465 e. The van der Waals surface area contributed by atoms with E-state index in [-0.39, 0.29) is 11.8 Å². The number of nitrogens with zero attached hydrogens (tertiary/aromatic N) is 1. The van der Waals surface area contributed by atoms with Crippen molar-refractivity contribution in [2.24, 2.45) is 0 Å². The second-order valence-electron chi connectivity index (χ2n) is 4.82. The monoisotopic (exact) mass is 282 g/mol. The molecule has 2 amide bonds. The van der Waals surface area contributed by atoms with Crippen LogP contribution in [-0.4, -0.2) is 36.1 Å². The van der Waals surface area contributed by atoms with E-state index in [1.807, 2.05) is 0 Å². The summed E-state index contributed by atoms with van der Waals surface area (Å²) in [5.41, 5.74) is 1.46. The van der Waals surface area contributed by atoms with Gasteiger partial charge in [0, 0.05) is 19.1 Å². The third-order valence-electron chi connectivity index (χ3n) is 3.02. The van der Waals surface area contributed by atoms with Gasteiger partial charge in [-0.1, -0.05) is 11.6 Å². The molecule has 19 heavy (non-hydrogen) atoms. The first-order chi connectivity index (χ1) is 8.90. The number of carbonyl (C=O) groups is 2. The highest BCUT2D eigenvalue weighted by molar-refractivity contribution is 6.31. The van der Waals surface area contributed by atoms with Gasteiger partial charge in [-0.15, -0.1) is 0 Å². The summed E-state index contributed by atoms with van der Waals surface area (Å²) in [5.74, 6) is 0.0161. The molecule has 0 aromatic heterocycles. The van der Waals surface area contributed by atoms with Crippen molar-refractivity contribution in [1.82, 2.24) is 4.90 Å². The van der Waals surface area contributed by atoms with Gasteiger partial charge in [0.2, 0.25) is 0 Å². The quantitative estimate of drug-likeness (QED) is 0.895. The van der Waals surface area contributed by atoms with Crippen LogP contribution in [-0.2, 0) is 0 Å². The number of hydrogen-bond acceptors (Lipinski definition) is 2. The molecule has 0 unspecified atom stereocenters. The van der Waals surface area contributed by atoms with Gasteiger partial charge in [-0.3, -0.25) is 10.1 Å². The molecule has 0 radical (unpaired) electrons. The summed E-state index contributed by atoms with van der Waals surface area (Å²) in [6.07, 6.45) is 0.797. The fourth-order valence-corrected chi connectivity index (χ4v) is 2.23. The molecule has 0 saturated heterocycles. The molecule has 0 spiro atoms. The van der Waals surface area contributed by atoms with Gasteiger partial charge in [-0.05, 0) is 36.5 Å². The lowest BCUT2D eigenvalue weighted by molar-refractivity contribution is 0.0828. The van der Waals surface area contributed by atoms with Crippen molar-refractivity contribution in [2.75, 3.05) is 19.4 Å². The number of anilines is 1. The van der Waals surface area contributed by atoms with E-state index in [1.165, 1.54) is 11.0 Å². The van der Waals surface area contributed by atoms with Crippen molar-refractivity contribution < 1.29 is 14.7 Å². The smallest absolute Gasteiger partial charge is 0.409 e. The van der Waals surface area contributed by atoms with E-state index < -0.39 is 6.09 Å². The molecule has 1 aliphatic rings. The highest BCUT2D eigenvalue weighted by Gasteiger charge is 2.30. The van der Waals surface area contributed by atoms with Crippen molar-refractivity contribution in [3.63, 3.8) is 0 Å². The topological polar surface area (TPSA) is 69.6 Å². The molecule has 1 fully saturated rings. The molecule has 0 bridgehead atoms. The number of nitrogens with one attached hydrogen (secondary N) is 1. The molecule has 0 aliphatic heterocycles. The Morgan fingerprint density at radius 3 is 2.47 bits per heavy atom. The Morgan fingerprint density at radius 1 is 1.37 bits per heavy atom. The maximum absolute atomic E-state index is 12.1. The normalized spacial score (nSPS) is 14.1. The summed E-state index contributed by atoms with van der Waals surface area (Å²) < 4.78 is 0. The predicted molar refractivity (Wildman–Crippen MR) is 73.1 cm³/mol. The largest absolute Gasteiger partial charge is 0.465 e. The molecule has 1 aliphatic carbocycles. The Morgan fingerprint density at radius 2 is 2.00 bits per heavy atom. The fraction of sp³-hybridized carbons (Fsp3) is 0.385. The molecule has 0 atom stereocenters. The standard InChI is InChI=1S/C13H15ClN2O3/c1-16(2)12(17)10-6-8(14)5-9(7-3-4-7)11(10)15-13(18)19/h5-7,15H,3-4H2,1-2H3,(H,18,19). The average Bonchev–Trinajstić information content (AvgIpc) is 3.13. The van der Waals surface area contributed by atoms with Crippen LogP contribution in [0.4, 0.5) is 10.5 Å². The molecule has 5 nitrogen and oxygen atoms in total. The van der Waals surface area contributed by atoms with Crippen molar-refractivity contribution in [3.05, 3.63) is 28.3 Å². The minimum atomic E-state index is -1.18. The van der Waals surface area contributed by atoms with Crippen LogP contribution < -0.4 is 5.32 Å². The summed E-state index contributed by atoms with van der Waals surface area (Å²) in [6.45, 7) is 0. The van der Waals surface area contributed by atoms with Gasteiger partial charge in [-0.25, -0.2) is 4.79 Å². The Labute approximate surface area is 116 Å². The van der Waals surface area contributed by atoms with Gasteiger partial charge in [0.05, 0.1) is 11.3 Å². The summed E-state index contributed by atoms with van der Waals surface area (Å²) in [5, 5.41) is 11.7. The van der Waals surface area contributed by atoms with Crippen LogP contribution in [0.15, 0.2) is 12.1 Å². The first-order valence-corrected chi connectivity index (χ1v) is 6.33. The zero-order valence-electron chi connectivity index (χ0n) is 10.7. The molecule has 6 heteroatoms. The van der Waals surface area contributed by atoms with Crippen LogP contribution in [0, 0.1) is 0 Å². The number of halogens is 1. The van der Waals surface area contributed by atoms with Gasteiger partial charge in [0.15, 0.2) is 0 Å². The van der Waals surface area contributed by atoms with Gasteiger partial charge < -0.3 is 10.0 Å². The number of carbonyl (C=O) groups excluding carboxylic acids is 1. The highest BCUT2D eigenvalue weighted by atomic mass is 35.5. The molecular formula is C13H15ClN2O3. The first kappa shape index (κ1) is 13.7. The second kappa shape index (κ2) is 5.09. The van der Waals surface area contributed by atoms with Crippen LogP contribution >= 0.6 is 11.6 Å². The van der Waals surface area contributed by atoms with Crippen LogP contribution in [0.1, 0.15) is 34.7 Å². The van der Waals surface area contributed by atoms with Crippen LogP contribution in [0.3, 0.4) is 0 Å². The summed E-state index contributed by atoms with van der Waals surface area (Å²) in [7, 11) is 3.23. The zero-order valence-corrected chi connectivity index (χ0v) is 11.5. The van der Waals surface area contributed by atoms with E-state index in [9.17, 15) is 9.59 Å². The Balaban J connectivity index is 2.55. The van der Waals surface area contributed by atoms with E-state index in [2.05, 4.69) is 5.32 Å². The zero-order chi connectivity index (χ0) is 14.2. The van der Waals surface area contributed by atoms with Gasteiger partial charge in [0.1, 0.15) is 0 Å². The van der Waals surface area contributed by atoms with Crippen LogP contribution in [0.2, 0.25) is 5.02 Å². The summed E-state index contributed by atoms with van der Waals surface area (Å²) in [6, 6.07) is 3.23. The van der Waals surface area contributed by atoms with Crippen molar-refractivity contribution in [3.8, 4) is 0 Å². The fourth-order valence-electron chi connectivity index (χ4n) is 2.00.